The normalized spacial score (nSPS) is 47.4. The second kappa shape index (κ2) is 4.29. The van der Waals surface area contributed by atoms with E-state index in [9.17, 15) is 9.59 Å². The Labute approximate surface area is 121 Å². The van der Waals surface area contributed by atoms with Gasteiger partial charge in [0.1, 0.15) is 5.78 Å². The van der Waals surface area contributed by atoms with Crippen molar-refractivity contribution < 1.29 is 9.59 Å². The number of allylic oxidation sites excluding steroid dienone is 1. The first kappa shape index (κ1) is 12.8. The van der Waals surface area contributed by atoms with Crippen LogP contribution in [0.3, 0.4) is 0 Å². The first-order valence-electron chi connectivity index (χ1n) is 8.36. The molecule has 3 saturated carbocycles. The third-order valence-electron chi connectivity index (χ3n) is 7.01. The van der Waals surface area contributed by atoms with Crippen LogP contribution in [0.25, 0.3) is 0 Å². The van der Waals surface area contributed by atoms with Gasteiger partial charge in [0, 0.05) is 18.3 Å². The lowest BCUT2D eigenvalue weighted by molar-refractivity contribution is -0.131. The Balaban J connectivity index is 1.65. The summed E-state index contributed by atoms with van der Waals surface area (Å²) < 4.78 is 0. The summed E-state index contributed by atoms with van der Waals surface area (Å²) in [4.78, 5) is 23.9. The van der Waals surface area contributed by atoms with Gasteiger partial charge in [0.15, 0.2) is 5.78 Å². The van der Waals surface area contributed by atoms with Crippen molar-refractivity contribution in [2.75, 3.05) is 0 Å². The van der Waals surface area contributed by atoms with Gasteiger partial charge in [0.05, 0.1) is 0 Å². The van der Waals surface area contributed by atoms with E-state index in [0.29, 0.717) is 23.4 Å². The molecule has 0 aliphatic heterocycles. The van der Waals surface area contributed by atoms with Crippen LogP contribution in [0, 0.1) is 29.1 Å². The molecule has 20 heavy (non-hydrogen) atoms. The van der Waals surface area contributed by atoms with Crippen molar-refractivity contribution in [2.45, 2.75) is 58.3 Å². The molecule has 0 aromatic rings. The average Bonchev–Trinajstić information content (AvgIpc) is 2.74. The van der Waals surface area contributed by atoms with E-state index in [1.165, 1.54) is 18.4 Å². The van der Waals surface area contributed by atoms with E-state index < -0.39 is 0 Å². The first-order chi connectivity index (χ1) is 9.59. The number of carbonyl (C=O) groups is 2. The molecule has 3 fully saturated rings. The van der Waals surface area contributed by atoms with Crippen LogP contribution in [0.15, 0.2) is 11.6 Å². The molecule has 4 aliphatic rings. The van der Waals surface area contributed by atoms with Crippen LogP contribution in [0.4, 0.5) is 0 Å². The number of Topliss-reactive ketones (excluding diaryl/α,β-unsaturated/α-hetero) is 1. The summed E-state index contributed by atoms with van der Waals surface area (Å²) in [6.07, 6.45) is 10.3. The van der Waals surface area contributed by atoms with Crippen LogP contribution in [0.5, 0.6) is 0 Å². The smallest absolute Gasteiger partial charge is 0.155 e. The zero-order valence-corrected chi connectivity index (χ0v) is 12.4. The van der Waals surface area contributed by atoms with Gasteiger partial charge in [0.25, 0.3) is 0 Å². The molecular weight excluding hydrogens is 248 g/mol. The minimum Gasteiger partial charge on any atom is -0.299 e. The highest BCUT2D eigenvalue weighted by molar-refractivity contribution is 5.91. The van der Waals surface area contributed by atoms with E-state index in [0.717, 1.165) is 50.4 Å². The molecule has 0 saturated heterocycles. The Morgan fingerprint density at radius 2 is 1.85 bits per heavy atom. The summed E-state index contributed by atoms with van der Waals surface area (Å²) in [6.45, 7) is 2.24. The fourth-order valence-electron chi connectivity index (χ4n) is 5.95. The van der Waals surface area contributed by atoms with Crippen molar-refractivity contribution >= 4 is 11.6 Å². The number of fused-ring (bicyclic) bond motifs is 5. The topological polar surface area (TPSA) is 34.1 Å². The van der Waals surface area contributed by atoms with Gasteiger partial charge in [-0.25, -0.2) is 0 Å². The predicted octanol–water partition coefficient (Wildman–Crippen LogP) is 3.70. The standard InChI is InChI=1S/C18H24O2/c1-18-9-8-14-13-5-3-12(19)10-11(13)2-4-15(14)16(18)6-7-17(18)20/h10,13-16H,2-9H2,1H3/t13-,14-,15+,16+,18+/m1/s1. The van der Waals surface area contributed by atoms with Gasteiger partial charge in [-0.05, 0) is 68.3 Å². The molecule has 0 heterocycles. The summed E-state index contributed by atoms with van der Waals surface area (Å²) in [7, 11) is 0. The molecule has 0 aromatic heterocycles. The van der Waals surface area contributed by atoms with Gasteiger partial charge in [-0.2, -0.15) is 0 Å². The van der Waals surface area contributed by atoms with Gasteiger partial charge in [-0.1, -0.05) is 12.5 Å². The van der Waals surface area contributed by atoms with Crippen LogP contribution in [0.2, 0.25) is 0 Å². The van der Waals surface area contributed by atoms with Crippen LogP contribution in [-0.4, -0.2) is 11.6 Å². The molecule has 0 unspecified atom stereocenters. The van der Waals surface area contributed by atoms with Gasteiger partial charge >= 0.3 is 0 Å². The van der Waals surface area contributed by atoms with Crippen molar-refractivity contribution in [2.24, 2.45) is 29.1 Å². The zero-order chi connectivity index (χ0) is 13.9. The summed E-state index contributed by atoms with van der Waals surface area (Å²) in [6, 6.07) is 0. The van der Waals surface area contributed by atoms with Gasteiger partial charge in [-0.3, -0.25) is 9.59 Å². The largest absolute Gasteiger partial charge is 0.299 e. The summed E-state index contributed by atoms with van der Waals surface area (Å²) in [5.41, 5.74) is 1.43. The van der Waals surface area contributed by atoms with Gasteiger partial charge in [0.2, 0.25) is 0 Å². The van der Waals surface area contributed by atoms with Crippen molar-refractivity contribution in [3.05, 3.63) is 11.6 Å². The number of carbonyl (C=O) groups excluding carboxylic acids is 2. The van der Waals surface area contributed by atoms with E-state index in [2.05, 4.69) is 6.92 Å². The maximum atomic E-state index is 12.3. The third-order valence-corrected chi connectivity index (χ3v) is 7.01. The Hall–Kier alpha value is -0.920. The van der Waals surface area contributed by atoms with Crippen molar-refractivity contribution in [3.8, 4) is 0 Å². The number of hydrogen-bond donors (Lipinski definition) is 0. The Morgan fingerprint density at radius 1 is 1.00 bits per heavy atom. The number of hydrogen-bond acceptors (Lipinski definition) is 2. The Morgan fingerprint density at radius 3 is 2.70 bits per heavy atom. The molecule has 0 spiro atoms. The third kappa shape index (κ3) is 1.63. The molecule has 0 radical (unpaired) electrons. The van der Waals surface area contributed by atoms with Crippen LogP contribution in [0.1, 0.15) is 58.3 Å². The van der Waals surface area contributed by atoms with E-state index in [1.54, 1.807) is 0 Å². The summed E-state index contributed by atoms with van der Waals surface area (Å²) >= 11 is 0. The lowest BCUT2D eigenvalue weighted by Gasteiger charge is -2.52. The first-order valence-corrected chi connectivity index (χ1v) is 8.36. The SMILES string of the molecule is C[C@]12CC[C@H]3[C@H](CCC4=CC(=O)CC[C@H]43)[C@@H]1CCC2=O. The highest BCUT2D eigenvalue weighted by Gasteiger charge is 2.55. The zero-order valence-electron chi connectivity index (χ0n) is 12.4. The van der Waals surface area contributed by atoms with E-state index in [4.69, 9.17) is 0 Å². The second-order valence-electron chi connectivity index (χ2n) is 7.72. The molecule has 5 atom stereocenters. The van der Waals surface area contributed by atoms with E-state index in [-0.39, 0.29) is 5.41 Å². The fourth-order valence-corrected chi connectivity index (χ4v) is 5.95. The maximum Gasteiger partial charge on any atom is 0.155 e. The quantitative estimate of drug-likeness (QED) is 0.674. The van der Waals surface area contributed by atoms with E-state index in [1.807, 2.05) is 6.08 Å². The highest BCUT2D eigenvalue weighted by Crippen LogP contribution is 2.60. The molecule has 0 aromatic carbocycles. The number of rotatable bonds is 0. The van der Waals surface area contributed by atoms with E-state index >= 15 is 0 Å². The van der Waals surface area contributed by atoms with Crippen LogP contribution < -0.4 is 0 Å². The Bertz CT molecular complexity index is 504. The fraction of sp³-hybridized carbons (Fsp3) is 0.778. The Kier molecular flexibility index (Phi) is 2.74. The van der Waals surface area contributed by atoms with Crippen molar-refractivity contribution in [3.63, 3.8) is 0 Å². The monoisotopic (exact) mass is 272 g/mol. The van der Waals surface area contributed by atoms with Crippen LogP contribution >= 0.6 is 0 Å². The lowest BCUT2D eigenvalue weighted by Crippen LogP contribution is -2.46. The van der Waals surface area contributed by atoms with Gasteiger partial charge < -0.3 is 0 Å². The maximum absolute atomic E-state index is 12.3. The summed E-state index contributed by atoms with van der Waals surface area (Å²) in [5, 5.41) is 0. The molecule has 4 aliphatic carbocycles. The molecule has 2 nitrogen and oxygen atoms in total. The molecular formula is C18H24O2. The molecule has 2 heteroatoms. The molecule has 0 bridgehead atoms. The predicted molar refractivity (Wildman–Crippen MR) is 77.1 cm³/mol. The molecule has 4 rings (SSSR count). The second-order valence-corrected chi connectivity index (χ2v) is 7.72. The molecule has 0 amide bonds. The molecule has 108 valence electrons. The van der Waals surface area contributed by atoms with Crippen LogP contribution in [-0.2, 0) is 9.59 Å². The number of ketones is 2. The average molecular weight is 272 g/mol. The highest BCUT2D eigenvalue weighted by atomic mass is 16.1. The molecule has 0 N–H and O–H groups in total. The van der Waals surface area contributed by atoms with Crippen molar-refractivity contribution in [1.29, 1.82) is 0 Å². The minimum atomic E-state index is -0.00707. The minimum absolute atomic E-state index is 0.00707. The van der Waals surface area contributed by atoms with Gasteiger partial charge in [-0.15, -0.1) is 0 Å². The van der Waals surface area contributed by atoms with Crippen molar-refractivity contribution in [1.82, 2.24) is 0 Å². The summed E-state index contributed by atoms with van der Waals surface area (Å²) in [5.74, 6) is 3.66. The lowest BCUT2D eigenvalue weighted by atomic mass is 9.52.